The number of carbonyl (C=O) groups excluding carboxylic acids is 3. The molecule has 2 N–H and O–H groups in total. The van der Waals surface area contributed by atoms with Crippen LogP contribution in [0.4, 0.5) is 18.9 Å². The van der Waals surface area contributed by atoms with Gasteiger partial charge in [-0.05, 0) is 48.0 Å². The van der Waals surface area contributed by atoms with Gasteiger partial charge in [-0.2, -0.15) is 13.2 Å². The molecular formula is C28H22F3N3O5. The van der Waals surface area contributed by atoms with Gasteiger partial charge in [0.15, 0.2) is 18.1 Å². The number of anilines is 1. The first kappa shape index (κ1) is 27.1. The summed E-state index contributed by atoms with van der Waals surface area (Å²) in [5.41, 5.74) is 0.360. The monoisotopic (exact) mass is 537 g/mol. The van der Waals surface area contributed by atoms with Crippen molar-refractivity contribution in [2.45, 2.75) is 19.6 Å². The third-order valence-electron chi connectivity index (χ3n) is 5.46. The second kappa shape index (κ2) is 11.6. The Morgan fingerprint density at radius 1 is 0.897 bits per heavy atom. The van der Waals surface area contributed by atoms with Crippen LogP contribution < -0.4 is 10.6 Å². The molecule has 11 heteroatoms. The van der Waals surface area contributed by atoms with Gasteiger partial charge in [0.05, 0.1) is 5.56 Å². The first-order valence-corrected chi connectivity index (χ1v) is 11.6. The summed E-state index contributed by atoms with van der Waals surface area (Å²) in [7, 11) is 0. The minimum absolute atomic E-state index is 0.0910. The van der Waals surface area contributed by atoms with Crippen molar-refractivity contribution in [3.63, 3.8) is 0 Å². The van der Waals surface area contributed by atoms with Gasteiger partial charge in [-0.3, -0.25) is 14.4 Å². The van der Waals surface area contributed by atoms with Crippen LogP contribution in [0.2, 0.25) is 0 Å². The van der Waals surface area contributed by atoms with E-state index in [1.54, 1.807) is 54.6 Å². The maximum absolute atomic E-state index is 13.4. The maximum Gasteiger partial charge on any atom is 0.416 e. The lowest BCUT2D eigenvalue weighted by molar-refractivity contribution is -0.145. The molecule has 0 radical (unpaired) electrons. The molecule has 0 fully saturated rings. The number of ether oxygens (including phenoxy) is 1. The van der Waals surface area contributed by atoms with Crippen LogP contribution in [0.5, 0.6) is 0 Å². The molecule has 8 nitrogen and oxygen atoms in total. The second-order valence-electron chi connectivity index (χ2n) is 8.31. The molecule has 3 aromatic carbocycles. The lowest BCUT2D eigenvalue weighted by Gasteiger charge is -2.13. The molecule has 0 unspecified atom stereocenters. The van der Waals surface area contributed by atoms with Crippen LogP contribution in [0.1, 0.15) is 28.5 Å². The van der Waals surface area contributed by atoms with E-state index in [2.05, 4.69) is 20.4 Å². The van der Waals surface area contributed by atoms with Crippen LogP contribution >= 0.6 is 0 Å². The maximum atomic E-state index is 13.4. The minimum Gasteiger partial charge on any atom is -0.456 e. The summed E-state index contributed by atoms with van der Waals surface area (Å²) < 4.78 is 50.7. The summed E-state index contributed by atoms with van der Waals surface area (Å²) in [5.74, 6) is -1.62. The summed E-state index contributed by atoms with van der Waals surface area (Å²) in [4.78, 5) is 40.3. The van der Waals surface area contributed by atoms with E-state index >= 15 is 0 Å². The fraction of sp³-hybridized carbons (Fsp3) is 0.143. The van der Waals surface area contributed by atoms with Crippen LogP contribution in [0.25, 0.3) is 22.8 Å². The third-order valence-corrected chi connectivity index (χ3v) is 5.46. The highest BCUT2D eigenvalue weighted by atomic mass is 19.4. The van der Waals surface area contributed by atoms with E-state index in [4.69, 9.17) is 4.42 Å². The number of hydrogen-bond donors (Lipinski definition) is 2. The van der Waals surface area contributed by atoms with E-state index in [0.29, 0.717) is 16.8 Å². The summed E-state index contributed by atoms with van der Waals surface area (Å²) >= 11 is 0. The van der Waals surface area contributed by atoms with Crippen molar-refractivity contribution in [1.29, 1.82) is 0 Å². The molecule has 0 saturated carbocycles. The molecule has 4 aromatic rings. The van der Waals surface area contributed by atoms with Crippen LogP contribution in [-0.2, 0) is 27.0 Å². The molecule has 4 rings (SSSR count). The normalized spacial score (nSPS) is 11.1. The fourth-order valence-electron chi connectivity index (χ4n) is 3.65. The number of carbonyl (C=O) groups is 3. The lowest BCUT2D eigenvalue weighted by atomic mass is 10.1. The average Bonchev–Trinajstić information content (AvgIpc) is 3.37. The van der Waals surface area contributed by atoms with E-state index in [-0.39, 0.29) is 29.5 Å². The molecule has 0 atom stereocenters. The third kappa shape index (κ3) is 6.89. The largest absolute Gasteiger partial charge is 0.456 e. The van der Waals surface area contributed by atoms with Crippen molar-refractivity contribution < 1.29 is 36.7 Å². The highest BCUT2D eigenvalue weighted by Crippen LogP contribution is 2.33. The molecule has 0 aliphatic heterocycles. The van der Waals surface area contributed by atoms with E-state index in [1.807, 2.05) is 0 Å². The van der Waals surface area contributed by atoms with E-state index in [1.165, 1.54) is 25.1 Å². The Hall–Kier alpha value is -4.93. The van der Waals surface area contributed by atoms with Crippen molar-refractivity contribution in [2.75, 3.05) is 11.9 Å². The highest BCUT2D eigenvalue weighted by molar-refractivity contribution is 5.98. The van der Waals surface area contributed by atoms with Crippen molar-refractivity contribution >= 4 is 23.5 Å². The molecule has 0 saturated heterocycles. The molecule has 0 aliphatic carbocycles. The van der Waals surface area contributed by atoms with Crippen LogP contribution in [-0.4, -0.2) is 29.4 Å². The number of alkyl halides is 3. The first-order chi connectivity index (χ1) is 18.6. The van der Waals surface area contributed by atoms with Gasteiger partial charge in [-0.15, -0.1) is 0 Å². The lowest BCUT2D eigenvalue weighted by Crippen LogP contribution is -2.25. The van der Waals surface area contributed by atoms with Crippen LogP contribution in [0.3, 0.4) is 0 Å². The van der Waals surface area contributed by atoms with Crippen LogP contribution in [0.15, 0.2) is 83.3 Å². The summed E-state index contributed by atoms with van der Waals surface area (Å²) in [6.45, 7) is 0.363. The number of amides is 2. The Bertz CT molecular complexity index is 1480. The quantitative estimate of drug-likeness (QED) is 0.289. The summed E-state index contributed by atoms with van der Waals surface area (Å²) in [5, 5.41) is 5.07. The average molecular weight is 537 g/mol. The molecular weight excluding hydrogens is 515 g/mol. The standard InChI is InChI=1S/C28H22F3N3O5/c1-17(35)38-16-23(36)33-21-13-11-18(12-14-21)25-24(34-27(39-25)19-7-3-2-4-8-19)26(37)32-15-20-9-5-6-10-22(20)28(29,30)31/h2-14H,15-16H2,1H3,(H,32,37)(H,33,36). The van der Waals surface area contributed by atoms with E-state index < -0.39 is 36.1 Å². The van der Waals surface area contributed by atoms with Crippen molar-refractivity contribution in [2.24, 2.45) is 0 Å². The predicted octanol–water partition coefficient (Wildman–Crippen LogP) is 5.46. The van der Waals surface area contributed by atoms with E-state index in [9.17, 15) is 27.6 Å². The molecule has 39 heavy (non-hydrogen) atoms. The molecule has 2 amide bonds. The fourth-order valence-corrected chi connectivity index (χ4v) is 3.65. The predicted molar refractivity (Wildman–Crippen MR) is 135 cm³/mol. The molecule has 1 heterocycles. The number of nitrogens with one attached hydrogen (secondary N) is 2. The smallest absolute Gasteiger partial charge is 0.416 e. The van der Waals surface area contributed by atoms with Gasteiger partial charge in [-0.25, -0.2) is 4.98 Å². The van der Waals surface area contributed by atoms with Crippen molar-refractivity contribution in [1.82, 2.24) is 10.3 Å². The Kier molecular flexibility index (Phi) is 8.09. The zero-order chi connectivity index (χ0) is 28.0. The van der Waals surface area contributed by atoms with Gasteiger partial charge in [0, 0.05) is 30.3 Å². The zero-order valence-corrected chi connectivity index (χ0v) is 20.5. The van der Waals surface area contributed by atoms with Gasteiger partial charge >= 0.3 is 12.1 Å². The minimum atomic E-state index is -4.57. The van der Waals surface area contributed by atoms with Gasteiger partial charge in [0.1, 0.15) is 0 Å². The van der Waals surface area contributed by atoms with Crippen molar-refractivity contribution in [3.05, 3.63) is 95.7 Å². The van der Waals surface area contributed by atoms with Gasteiger partial charge in [-0.1, -0.05) is 36.4 Å². The van der Waals surface area contributed by atoms with Crippen molar-refractivity contribution in [3.8, 4) is 22.8 Å². The van der Waals surface area contributed by atoms with Gasteiger partial charge in [0.2, 0.25) is 5.89 Å². The number of benzene rings is 3. The van der Waals surface area contributed by atoms with E-state index in [0.717, 1.165) is 6.07 Å². The summed E-state index contributed by atoms with van der Waals surface area (Å²) in [6.07, 6.45) is -4.57. The van der Waals surface area contributed by atoms with Crippen LogP contribution in [0, 0.1) is 0 Å². The first-order valence-electron chi connectivity index (χ1n) is 11.6. The number of oxazole rings is 1. The second-order valence-corrected chi connectivity index (χ2v) is 8.31. The molecule has 0 spiro atoms. The Labute approximate surface area is 220 Å². The van der Waals surface area contributed by atoms with Gasteiger partial charge in [0.25, 0.3) is 11.8 Å². The Morgan fingerprint density at radius 2 is 1.56 bits per heavy atom. The number of rotatable bonds is 8. The molecule has 1 aromatic heterocycles. The number of esters is 1. The number of aromatic nitrogens is 1. The SMILES string of the molecule is CC(=O)OCC(=O)Nc1ccc(-c2oc(-c3ccccc3)nc2C(=O)NCc2ccccc2C(F)(F)F)cc1. The number of halogens is 3. The Balaban J connectivity index is 1.60. The van der Waals surface area contributed by atoms with Gasteiger partial charge < -0.3 is 19.8 Å². The molecule has 0 aliphatic rings. The Morgan fingerprint density at radius 3 is 2.23 bits per heavy atom. The number of nitrogens with zero attached hydrogens (tertiary/aromatic N) is 1. The molecule has 0 bridgehead atoms. The summed E-state index contributed by atoms with van der Waals surface area (Å²) in [6, 6.07) is 20.0. The number of hydrogen-bond acceptors (Lipinski definition) is 6. The molecule has 200 valence electrons. The highest BCUT2D eigenvalue weighted by Gasteiger charge is 2.33. The zero-order valence-electron chi connectivity index (χ0n) is 20.5. The topological polar surface area (TPSA) is 111 Å².